The summed E-state index contributed by atoms with van der Waals surface area (Å²) >= 11 is 1.29. The van der Waals surface area contributed by atoms with Gasteiger partial charge in [0.05, 0.1) is 23.3 Å². The molecule has 1 aromatic carbocycles. The Balaban J connectivity index is 1.40. The molecule has 1 amide bonds. The summed E-state index contributed by atoms with van der Waals surface area (Å²) < 4.78 is 27.8. The van der Waals surface area contributed by atoms with Crippen molar-refractivity contribution in [1.82, 2.24) is 5.32 Å². The summed E-state index contributed by atoms with van der Waals surface area (Å²) in [5.41, 5.74) is 2.39. The van der Waals surface area contributed by atoms with Gasteiger partial charge in [0.25, 0.3) is 5.91 Å². The van der Waals surface area contributed by atoms with Crippen molar-refractivity contribution in [3.63, 3.8) is 0 Å². The number of hydrogen-bond acceptors (Lipinski definition) is 6. The number of sulfone groups is 1. The van der Waals surface area contributed by atoms with E-state index in [0.29, 0.717) is 6.42 Å². The van der Waals surface area contributed by atoms with E-state index in [4.69, 9.17) is 4.74 Å². The summed E-state index contributed by atoms with van der Waals surface area (Å²) in [6.45, 7) is -0.305. The third-order valence-electron chi connectivity index (χ3n) is 4.70. The van der Waals surface area contributed by atoms with Gasteiger partial charge in [0.2, 0.25) is 0 Å². The van der Waals surface area contributed by atoms with E-state index in [2.05, 4.69) is 11.4 Å². The molecule has 1 saturated heterocycles. The molecule has 2 atom stereocenters. The van der Waals surface area contributed by atoms with Crippen LogP contribution in [0.15, 0.2) is 24.3 Å². The van der Waals surface area contributed by atoms with Crippen molar-refractivity contribution in [3.8, 4) is 0 Å². The molecule has 1 heterocycles. The predicted octanol–water partition coefficient (Wildman–Crippen LogP) is 1.64. The van der Waals surface area contributed by atoms with Crippen molar-refractivity contribution in [2.75, 3.05) is 23.9 Å². The largest absolute Gasteiger partial charge is 0.455 e. The molecule has 0 spiro atoms. The first-order valence-electron chi connectivity index (χ1n) is 8.78. The molecule has 1 aromatic rings. The Bertz CT molecular complexity index is 778. The minimum atomic E-state index is -2.95. The molecular weight excluding hydrogens is 374 g/mol. The Morgan fingerprint density at radius 3 is 2.81 bits per heavy atom. The number of ether oxygens (including phenoxy) is 1. The number of esters is 1. The molecule has 8 heteroatoms. The second kappa shape index (κ2) is 8.43. The zero-order valence-corrected chi connectivity index (χ0v) is 16.1. The maximum Gasteiger partial charge on any atom is 0.316 e. The molecule has 0 saturated carbocycles. The van der Waals surface area contributed by atoms with Crippen LogP contribution in [0, 0.1) is 0 Å². The molecule has 1 fully saturated rings. The fraction of sp³-hybridized carbons (Fsp3) is 0.556. The molecule has 26 heavy (non-hydrogen) atoms. The summed E-state index contributed by atoms with van der Waals surface area (Å²) in [5, 5.41) is 2.88. The Morgan fingerprint density at radius 2 is 2.04 bits per heavy atom. The van der Waals surface area contributed by atoms with Crippen molar-refractivity contribution in [2.45, 2.75) is 37.0 Å². The lowest BCUT2D eigenvalue weighted by atomic mass is 9.88. The lowest BCUT2D eigenvalue weighted by Gasteiger charge is -2.26. The van der Waals surface area contributed by atoms with E-state index in [-0.39, 0.29) is 41.1 Å². The third kappa shape index (κ3) is 5.23. The number of thioether (sulfide) groups is 1. The van der Waals surface area contributed by atoms with E-state index in [1.165, 1.54) is 17.3 Å². The maximum absolute atomic E-state index is 12.1. The number of rotatable bonds is 6. The van der Waals surface area contributed by atoms with Gasteiger partial charge in [0.1, 0.15) is 0 Å². The first kappa shape index (κ1) is 19.2. The van der Waals surface area contributed by atoms with Crippen LogP contribution in [0.4, 0.5) is 0 Å². The average molecular weight is 398 g/mol. The molecule has 1 aliphatic heterocycles. The van der Waals surface area contributed by atoms with Crippen LogP contribution in [0.1, 0.15) is 36.4 Å². The van der Waals surface area contributed by atoms with Gasteiger partial charge in [-0.15, -0.1) is 11.8 Å². The van der Waals surface area contributed by atoms with Crippen molar-refractivity contribution in [2.24, 2.45) is 0 Å². The molecule has 6 nitrogen and oxygen atoms in total. The molecule has 0 aromatic heterocycles. The number of nitrogens with one attached hydrogen (secondary N) is 1. The quantitative estimate of drug-likeness (QED) is 0.734. The lowest BCUT2D eigenvalue weighted by molar-refractivity contribution is -0.146. The van der Waals surface area contributed by atoms with Crippen LogP contribution < -0.4 is 5.32 Å². The smallest absolute Gasteiger partial charge is 0.316 e. The summed E-state index contributed by atoms with van der Waals surface area (Å²) in [6, 6.07) is 8.03. The van der Waals surface area contributed by atoms with Gasteiger partial charge in [-0.1, -0.05) is 24.3 Å². The zero-order chi connectivity index (χ0) is 18.6. The molecule has 0 unspecified atom stereocenters. The fourth-order valence-electron chi connectivity index (χ4n) is 3.41. The van der Waals surface area contributed by atoms with Gasteiger partial charge in [0, 0.05) is 5.25 Å². The molecule has 142 valence electrons. The van der Waals surface area contributed by atoms with Crippen molar-refractivity contribution in [3.05, 3.63) is 35.4 Å². The minimum absolute atomic E-state index is 0.0378. The highest BCUT2D eigenvalue weighted by molar-refractivity contribution is 8.02. The Kier molecular flexibility index (Phi) is 6.24. The number of hydrogen-bond donors (Lipinski definition) is 1. The normalized spacial score (nSPS) is 23.8. The Labute approximate surface area is 158 Å². The lowest BCUT2D eigenvalue weighted by Crippen LogP contribution is -2.34. The molecule has 3 rings (SSSR count). The fourth-order valence-corrected chi connectivity index (χ4v) is 6.84. The van der Waals surface area contributed by atoms with Crippen LogP contribution >= 0.6 is 11.8 Å². The molecule has 1 N–H and O–H groups in total. The van der Waals surface area contributed by atoms with Gasteiger partial charge in [-0.05, 0) is 36.8 Å². The van der Waals surface area contributed by atoms with Crippen molar-refractivity contribution < 1.29 is 22.7 Å². The number of aryl methyl sites for hydroxylation is 1. The molecule has 0 radical (unpaired) electrons. The van der Waals surface area contributed by atoms with Gasteiger partial charge < -0.3 is 10.1 Å². The van der Waals surface area contributed by atoms with E-state index in [1.807, 2.05) is 18.2 Å². The standard InChI is InChI=1S/C18H23NO5S2/c20-17(19-16-7-3-5-13-4-1-2-6-15(13)16)10-24-18(21)11-25-14-8-9-26(22,23)12-14/h1-2,4,6,14,16H,3,5,7-12H2,(H,19,20)/t14-,16+/m1/s1. The monoisotopic (exact) mass is 397 g/mol. The van der Waals surface area contributed by atoms with E-state index >= 15 is 0 Å². The Hall–Kier alpha value is -1.54. The molecular formula is C18H23NO5S2. The van der Waals surface area contributed by atoms with Gasteiger partial charge in [-0.3, -0.25) is 9.59 Å². The second-order valence-electron chi connectivity index (χ2n) is 6.71. The topological polar surface area (TPSA) is 89.5 Å². The highest BCUT2D eigenvalue weighted by Gasteiger charge is 2.29. The third-order valence-corrected chi connectivity index (χ3v) is 7.95. The number of carbonyl (C=O) groups is 2. The molecule has 1 aliphatic carbocycles. The van der Waals surface area contributed by atoms with Gasteiger partial charge >= 0.3 is 5.97 Å². The van der Waals surface area contributed by atoms with Crippen LogP contribution in [0.25, 0.3) is 0 Å². The summed E-state index contributed by atoms with van der Waals surface area (Å²) in [4.78, 5) is 23.9. The van der Waals surface area contributed by atoms with Gasteiger partial charge in [0.15, 0.2) is 16.4 Å². The van der Waals surface area contributed by atoms with Gasteiger partial charge in [-0.25, -0.2) is 8.42 Å². The molecule has 0 bridgehead atoms. The van der Waals surface area contributed by atoms with Gasteiger partial charge in [-0.2, -0.15) is 0 Å². The van der Waals surface area contributed by atoms with Crippen molar-refractivity contribution >= 4 is 33.5 Å². The van der Waals surface area contributed by atoms with E-state index in [1.54, 1.807) is 0 Å². The highest BCUT2D eigenvalue weighted by atomic mass is 32.2. The average Bonchev–Trinajstić information content (AvgIpc) is 2.97. The summed E-state index contributed by atoms with van der Waals surface area (Å²) in [5.74, 6) is -0.427. The zero-order valence-electron chi connectivity index (χ0n) is 14.5. The van der Waals surface area contributed by atoms with E-state index in [0.717, 1.165) is 24.8 Å². The van der Waals surface area contributed by atoms with E-state index in [9.17, 15) is 18.0 Å². The van der Waals surface area contributed by atoms with Crippen molar-refractivity contribution in [1.29, 1.82) is 0 Å². The number of fused-ring (bicyclic) bond motifs is 1. The van der Waals surface area contributed by atoms with Crippen LogP contribution in [0.2, 0.25) is 0 Å². The Morgan fingerprint density at radius 1 is 1.23 bits per heavy atom. The first-order chi connectivity index (χ1) is 12.4. The maximum atomic E-state index is 12.1. The van der Waals surface area contributed by atoms with Crippen LogP contribution in [-0.4, -0.2) is 49.4 Å². The number of benzene rings is 1. The van der Waals surface area contributed by atoms with Crippen LogP contribution in [0.5, 0.6) is 0 Å². The second-order valence-corrected chi connectivity index (χ2v) is 10.2. The first-order valence-corrected chi connectivity index (χ1v) is 11.6. The summed E-state index contributed by atoms with van der Waals surface area (Å²) in [6.07, 6.45) is 3.49. The number of carbonyl (C=O) groups excluding carboxylic acids is 2. The van der Waals surface area contributed by atoms with E-state index < -0.39 is 15.8 Å². The SMILES string of the molecule is O=C(COC(=O)CS[C@@H]1CCS(=O)(=O)C1)N[C@H]1CCCc2ccccc21. The van der Waals surface area contributed by atoms with Crippen LogP contribution in [-0.2, 0) is 30.6 Å². The predicted molar refractivity (Wildman–Crippen MR) is 101 cm³/mol. The minimum Gasteiger partial charge on any atom is -0.455 e. The summed E-state index contributed by atoms with van der Waals surface area (Å²) in [7, 11) is -2.95. The molecule has 2 aliphatic rings. The van der Waals surface area contributed by atoms with Crippen LogP contribution in [0.3, 0.4) is 0 Å². The number of amides is 1. The highest BCUT2D eigenvalue weighted by Crippen LogP contribution is 2.29.